The molecular formula is C20H20FN7O. The molecule has 0 aliphatic rings. The fourth-order valence-corrected chi connectivity index (χ4v) is 2.43. The van der Waals surface area contributed by atoms with Gasteiger partial charge in [0.15, 0.2) is 0 Å². The van der Waals surface area contributed by atoms with Gasteiger partial charge in [0, 0.05) is 32.4 Å². The molecule has 0 aromatic carbocycles. The minimum Gasteiger partial charge on any atom is -0.363 e. The van der Waals surface area contributed by atoms with Crippen molar-refractivity contribution in [3.05, 3.63) is 76.5 Å². The maximum Gasteiger partial charge on any atom is 0.351 e. The van der Waals surface area contributed by atoms with E-state index in [1.807, 2.05) is 31.1 Å². The van der Waals surface area contributed by atoms with Gasteiger partial charge in [-0.1, -0.05) is 12.0 Å². The van der Waals surface area contributed by atoms with Crippen molar-refractivity contribution in [2.45, 2.75) is 6.54 Å². The molecule has 8 nitrogen and oxygen atoms in total. The number of aromatic nitrogens is 5. The van der Waals surface area contributed by atoms with Gasteiger partial charge in [0.2, 0.25) is 0 Å². The van der Waals surface area contributed by atoms with Crippen molar-refractivity contribution >= 4 is 5.82 Å². The van der Waals surface area contributed by atoms with Crippen molar-refractivity contribution in [1.82, 2.24) is 24.3 Å². The van der Waals surface area contributed by atoms with E-state index in [1.165, 1.54) is 10.9 Å². The molecule has 0 bridgehead atoms. The highest BCUT2D eigenvalue weighted by Gasteiger charge is 2.09. The molecule has 29 heavy (non-hydrogen) atoms. The summed E-state index contributed by atoms with van der Waals surface area (Å²) in [5.74, 6) is 7.17. The number of nitrogens with zero attached hydrogens (tertiary/aromatic N) is 6. The Hall–Kier alpha value is -3.77. The van der Waals surface area contributed by atoms with E-state index in [0.29, 0.717) is 17.8 Å². The van der Waals surface area contributed by atoms with Gasteiger partial charge in [0.05, 0.1) is 12.9 Å². The standard InChI is InChI=1S/C20H20FN7O/c1-26(2)18-9-7-15(12-23-18)6-8-17-4-3-5-19(25-17)27-14-24-28(20(27)29)13-16(10-21)11-22/h3-5,7,9-10,12,14H,11,13,22H2,1-2H3/b16-10+. The monoisotopic (exact) mass is 393 g/mol. The van der Waals surface area contributed by atoms with Crippen LogP contribution in [0.2, 0.25) is 0 Å². The maximum absolute atomic E-state index is 12.7. The van der Waals surface area contributed by atoms with Crippen LogP contribution in [0.25, 0.3) is 5.82 Å². The fraction of sp³-hybridized carbons (Fsp3) is 0.200. The molecule has 0 fully saturated rings. The Labute approximate surface area is 167 Å². The highest BCUT2D eigenvalue weighted by molar-refractivity contribution is 5.44. The van der Waals surface area contributed by atoms with Crippen molar-refractivity contribution in [3.8, 4) is 17.7 Å². The number of hydrogen-bond acceptors (Lipinski definition) is 6. The lowest BCUT2D eigenvalue weighted by Gasteiger charge is -2.09. The second kappa shape index (κ2) is 8.95. The first-order chi connectivity index (χ1) is 14.0. The van der Waals surface area contributed by atoms with E-state index in [2.05, 4.69) is 26.9 Å². The summed E-state index contributed by atoms with van der Waals surface area (Å²) in [6.45, 7) is -0.0161. The molecule has 3 aromatic heterocycles. The summed E-state index contributed by atoms with van der Waals surface area (Å²) in [6.07, 6.45) is 3.41. The quantitative estimate of drug-likeness (QED) is 0.653. The van der Waals surface area contributed by atoms with E-state index in [0.717, 1.165) is 16.1 Å². The molecule has 3 heterocycles. The van der Waals surface area contributed by atoms with Crippen LogP contribution in [0, 0.1) is 11.8 Å². The molecule has 0 aliphatic carbocycles. The van der Waals surface area contributed by atoms with Gasteiger partial charge in [-0.3, -0.25) is 0 Å². The second-order valence-electron chi connectivity index (χ2n) is 6.34. The van der Waals surface area contributed by atoms with Crippen LogP contribution in [-0.4, -0.2) is 45.0 Å². The van der Waals surface area contributed by atoms with Crippen LogP contribution in [0.4, 0.5) is 10.2 Å². The summed E-state index contributed by atoms with van der Waals surface area (Å²) in [4.78, 5) is 23.1. The van der Waals surface area contributed by atoms with Gasteiger partial charge in [-0.05, 0) is 35.8 Å². The van der Waals surface area contributed by atoms with Crippen molar-refractivity contribution in [2.24, 2.45) is 5.73 Å². The molecule has 0 spiro atoms. The number of nitrogens with two attached hydrogens (primary N) is 1. The lowest BCUT2D eigenvalue weighted by Crippen LogP contribution is -2.26. The number of anilines is 1. The van der Waals surface area contributed by atoms with Crippen molar-refractivity contribution < 1.29 is 4.39 Å². The molecular weight excluding hydrogens is 373 g/mol. The van der Waals surface area contributed by atoms with Crippen LogP contribution in [0.1, 0.15) is 11.3 Å². The van der Waals surface area contributed by atoms with E-state index in [9.17, 15) is 9.18 Å². The van der Waals surface area contributed by atoms with Crippen molar-refractivity contribution in [1.29, 1.82) is 0 Å². The Kier molecular flexibility index (Phi) is 6.16. The molecule has 0 radical (unpaired) electrons. The lowest BCUT2D eigenvalue weighted by atomic mass is 10.2. The third kappa shape index (κ3) is 4.75. The van der Waals surface area contributed by atoms with Gasteiger partial charge < -0.3 is 10.6 Å². The van der Waals surface area contributed by atoms with Crippen LogP contribution < -0.4 is 16.3 Å². The van der Waals surface area contributed by atoms with Gasteiger partial charge in [-0.15, -0.1) is 0 Å². The first-order valence-corrected chi connectivity index (χ1v) is 8.77. The molecule has 0 saturated heterocycles. The van der Waals surface area contributed by atoms with E-state index in [1.54, 1.807) is 24.4 Å². The Morgan fingerprint density at radius 1 is 1.28 bits per heavy atom. The number of pyridine rings is 2. The Balaban J connectivity index is 1.84. The van der Waals surface area contributed by atoms with Gasteiger partial charge >= 0.3 is 5.69 Å². The van der Waals surface area contributed by atoms with E-state index in [4.69, 9.17) is 5.73 Å². The van der Waals surface area contributed by atoms with Crippen LogP contribution in [-0.2, 0) is 6.54 Å². The minimum atomic E-state index is -0.445. The molecule has 0 amide bonds. The van der Waals surface area contributed by atoms with Gasteiger partial charge in [0.1, 0.15) is 23.7 Å². The first kappa shape index (κ1) is 20.0. The van der Waals surface area contributed by atoms with E-state index < -0.39 is 5.69 Å². The number of halogens is 1. The van der Waals surface area contributed by atoms with E-state index in [-0.39, 0.29) is 18.7 Å². The molecule has 9 heteroatoms. The molecule has 0 atom stereocenters. The zero-order valence-corrected chi connectivity index (χ0v) is 16.1. The summed E-state index contributed by atoms with van der Waals surface area (Å²) >= 11 is 0. The highest BCUT2D eigenvalue weighted by atomic mass is 19.1. The normalized spacial score (nSPS) is 11.1. The van der Waals surface area contributed by atoms with Crippen LogP contribution >= 0.6 is 0 Å². The fourth-order valence-electron chi connectivity index (χ4n) is 2.43. The Morgan fingerprint density at radius 2 is 2.10 bits per heavy atom. The average Bonchev–Trinajstić information content (AvgIpc) is 3.11. The molecule has 0 unspecified atom stereocenters. The third-order valence-corrected chi connectivity index (χ3v) is 4.02. The SMILES string of the molecule is CN(C)c1ccc(C#Cc2cccc(-n3cnn(C/C(=C/F)CN)c3=O)n2)cn1. The van der Waals surface area contributed by atoms with Crippen molar-refractivity contribution in [3.63, 3.8) is 0 Å². The van der Waals surface area contributed by atoms with Gasteiger partial charge in [0.25, 0.3) is 0 Å². The molecule has 2 N–H and O–H groups in total. The van der Waals surface area contributed by atoms with Crippen LogP contribution in [0.15, 0.2) is 59.6 Å². The highest BCUT2D eigenvalue weighted by Crippen LogP contribution is 2.07. The zero-order chi connectivity index (χ0) is 20.8. The zero-order valence-electron chi connectivity index (χ0n) is 16.1. The molecule has 0 aliphatic heterocycles. The molecule has 3 aromatic rings. The van der Waals surface area contributed by atoms with E-state index >= 15 is 0 Å². The molecule has 0 saturated carbocycles. The summed E-state index contributed by atoms with van der Waals surface area (Å²) in [5, 5.41) is 3.99. The first-order valence-electron chi connectivity index (χ1n) is 8.77. The second-order valence-corrected chi connectivity index (χ2v) is 6.34. The predicted molar refractivity (Wildman–Crippen MR) is 108 cm³/mol. The summed E-state index contributed by atoms with van der Waals surface area (Å²) in [6, 6.07) is 8.91. The maximum atomic E-state index is 12.7. The molecule has 3 rings (SSSR count). The van der Waals surface area contributed by atoms with Crippen LogP contribution in [0.5, 0.6) is 0 Å². The topological polar surface area (TPSA) is 94.9 Å². The van der Waals surface area contributed by atoms with Gasteiger partial charge in [-0.2, -0.15) is 5.10 Å². The van der Waals surface area contributed by atoms with Crippen molar-refractivity contribution in [2.75, 3.05) is 25.5 Å². The summed E-state index contributed by atoms with van der Waals surface area (Å²) in [7, 11) is 3.83. The molecule has 148 valence electrons. The predicted octanol–water partition coefficient (Wildman–Crippen LogP) is 1.10. The smallest absolute Gasteiger partial charge is 0.351 e. The van der Waals surface area contributed by atoms with Gasteiger partial charge in [-0.25, -0.2) is 28.4 Å². The minimum absolute atomic E-state index is 0.00348. The average molecular weight is 393 g/mol. The third-order valence-electron chi connectivity index (χ3n) is 4.02. The largest absolute Gasteiger partial charge is 0.363 e. The number of hydrogen-bond donors (Lipinski definition) is 1. The Morgan fingerprint density at radius 3 is 2.76 bits per heavy atom. The number of rotatable bonds is 5. The van der Waals surface area contributed by atoms with Crippen LogP contribution in [0.3, 0.4) is 0 Å². The lowest BCUT2D eigenvalue weighted by molar-refractivity contribution is 0.612. The summed E-state index contributed by atoms with van der Waals surface area (Å²) < 4.78 is 15.1. The summed E-state index contributed by atoms with van der Waals surface area (Å²) in [5.41, 5.74) is 6.49. The Bertz CT molecular complexity index is 1130.